The molecule has 0 heterocycles. The lowest BCUT2D eigenvalue weighted by atomic mass is 10.2. The SMILES string of the molecule is C#CC(CC)Nc1ccc([N+](=O)[O-])c(OCCC)c1. The third-order valence-electron chi connectivity index (χ3n) is 2.57. The largest absolute Gasteiger partial charge is 0.487 e. The Bertz CT molecular complexity index is 480. The van der Waals surface area contributed by atoms with Gasteiger partial charge in [0.1, 0.15) is 0 Å². The summed E-state index contributed by atoms with van der Waals surface area (Å²) in [4.78, 5) is 10.5. The summed E-state index contributed by atoms with van der Waals surface area (Å²) in [6.07, 6.45) is 6.94. The van der Waals surface area contributed by atoms with Crippen LogP contribution in [0.4, 0.5) is 11.4 Å². The third-order valence-corrected chi connectivity index (χ3v) is 2.57. The van der Waals surface area contributed by atoms with Gasteiger partial charge < -0.3 is 10.1 Å². The highest BCUT2D eigenvalue weighted by molar-refractivity contribution is 5.58. The molecule has 0 amide bonds. The van der Waals surface area contributed by atoms with Crippen molar-refractivity contribution in [2.24, 2.45) is 0 Å². The van der Waals surface area contributed by atoms with Crippen molar-refractivity contribution in [1.29, 1.82) is 0 Å². The second-order valence-electron chi connectivity index (χ2n) is 4.06. The van der Waals surface area contributed by atoms with Crippen molar-refractivity contribution in [2.45, 2.75) is 32.7 Å². The van der Waals surface area contributed by atoms with Crippen LogP contribution in [0.1, 0.15) is 26.7 Å². The number of hydrogen-bond acceptors (Lipinski definition) is 4. The lowest BCUT2D eigenvalue weighted by Gasteiger charge is -2.13. The molecule has 1 unspecified atom stereocenters. The molecule has 0 spiro atoms. The molecule has 0 aromatic heterocycles. The Hall–Kier alpha value is -2.22. The van der Waals surface area contributed by atoms with Crippen molar-refractivity contribution in [3.05, 3.63) is 28.3 Å². The van der Waals surface area contributed by atoms with E-state index in [0.717, 1.165) is 18.5 Å². The Kier molecular flexibility index (Phi) is 5.68. The molecule has 0 radical (unpaired) electrons. The first-order valence-electron chi connectivity index (χ1n) is 6.26. The van der Waals surface area contributed by atoms with E-state index in [1.54, 1.807) is 12.1 Å². The zero-order valence-corrected chi connectivity index (χ0v) is 11.2. The molecule has 1 aromatic rings. The van der Waals surface area contributed by atoms with Crippen molar-refractivity contribution in [3.63, 3.8) is 0 Å². The predicted molar refractivity (Wildman–Crippen MR) is 75.4 cm³/mol. The number of benzene rings is 1. The molecule has 0 fully saturated rings. The molecule has 0 saturated heterocycles. The van der Waals surface area contributed by atoms with E-state index in [-0.39, 0.29) is 17.5 Å². The quantitative estimate of drug-likeness (QED) is 0.465. The molecule has 0 aliphatic carbocycles. The van der Waals surface area contributed by atoms with E-state index in [4.69, 9.17) is 11.2 Å². The topological polar surface area (TPSA) is 64.4 Å². The van der Waals surface area contributed by atoms with Gasteiger partial charge in [0, 0.05) is 17.8 Å². The summed E-state index contributed by atoms with van der Waals surface area (Å²) in [6.45, 7) is 4.35. The molecule has 19 heavy (non-hydrogen) atoms. The number of nitro benzene ring substituents is 1. The second kappa shape index (κ2) is 7.27. The molecule has 0 aliphatic heterocycles. The van der Waals surface area contributed by atoms with E-state index in [1.807, 2.05) is 13.8 Å². The third kappa shape index (κ3) is 4.18. The van der Waals surface area contributed by atoms with Crippen molar-refractivity contribution < 1.29 is 9.66 Å². The molecule has 5 heteroatoms. The van der Waals surface area contributed by atoms with Crippen molar-refractivity contribution in [1.82, 2.24) is 0 Å². The highest BCUT2D eigenvalue weighted by Crippen LogP contribution is 2.30. The first kappa shape index (κ1) is 14.8. The number of anilines is 1. The van der Waals surface area contributed by atoms with Crippen LogP contribution in [-0.4, -0.2) is 17.6 Å². The highest BCUT2D eigenvalue weighted by atomic mass is 16.6. The van der Waals surface area contributed by atoms with Crippen molar-refractivity contribution in [3.8, 4) is 18.1 Å². The van der Waals surface area contributed by atoms with Gasteiger partial charge in [-0.25, -0.2) is 0 Å². The van der Waals surface area contributed by atoms with Gasteiger partial charge in [-0.05, 0) is 18.9 Å². The molecule has 0 aliphatic rings. The van der Waals surface area contributed by atoms with Gasteiger partial charge in [0.2, 0.25) is 0 Å². The van der Waals surface area contributed by atoms with Crippen LogP contribution in [0.5, 0.6) is 5.75 Å². The van der Waals surface area contributed by atoms with E-state index in [9.17, 15) is 10.1 Å². The minimum absolute atomic E-state index is 0.0345. The van der Waals surface area contributed by atoms with Crippen LogP contribution in [0.25, 0.3) is 0 Å². The molecule has 1 N–H and O–H groups in total. The Morgan fingerprint density at radius 3 is 2.79 bits per heavy atom. The van der Waals surface area contributed by atoms with E-state index in [0.29, 0.717) is 6.61 Å². The van der Waals surface area contributed by atoms with E-state index >= 15 is 0 Å². The molecular formula is C14H18N2O3. The maximum atomic E-state index is 10.9. The van der Waals surface area contributed by atoms with Crippen LogP contribution in [0.3, 0.4) is 0 Å². The first-order chi connectivity index (χ1) is 9.12. The van der Waals surface area contributed by atoms with Gasteiger partial charge in [0.15, 0.2) is 5.75 Å². The van der Waals surface area contributed by atoms with Crippen LogP contribution < -0.4 is 10.1 Å². The lowest BCUT2D eigenvalue weighted by molar-refractivity contribution is -0.385. The highest BCUT2D eigenvalue weighted by Gasteiger charge is 2.16. The number of terminal acetylenes is 1. The average Bonchev–Trinajstić information content (AvgIpc) is 2.42. The molecule has 1 aromatic carbocycles. The summed E-state index contributed by atoms with van der Waals surface area (Å²) in [5, 5.41) is 14.0. The number of ether oxygens (including phenoxy) is 1. The fraction of sp³-hybridized carbons (Fsp3) is 0.429. The first-order valence-corrected chi connectivity index (χ1v) is 6.26. The number of rotatable bonds is 7. The molecule has 5 nitrogen and oxygen atoms in total. The summed E-state index contributed by atoms with van der Waals surface area (Å²) in [7, 11) is 0. The molecule has 1 rings (SSSR count). The summed E-state index contributed by atoms with van der Waals surface area (Å²) >= 11 is 0. The van der Waals surface area contributed by atoms with Crippen LogP contribution in [0.15, 0.2) is 18.2 Å². The van der Waals surface area contributed by atoms with Gasteiger partial charge in [-0.2, -0.15) is 0 Å². The van der Waals surface area contributed by atoms with Crippen molar-refractivity contribution >= 4 is 11.4 Å². The average molecular weight is 262 g/mol. The van der Waals surface area contributed by atoms with E-state index in [1.165, 1.54) is 6.07 Å². The van der Waals surface area contributed by atoms with Crippen LogP contribution >= 0.6 is 0 Å². The molecule has 0 bridgehead atoms. The van der Waals surface area contributed by atoms with E-state index < -0.39 is 4.92 Å². The monoisotopic (exact) mass is 262 g/mol. The number of hydrogen-bond donors (Lipinski definition) is 1. The summed E-state index contributed by atoms with van der Waals surface area (Å²) in [5.41, 5.74) is 0.689. The summed E-state index contributed by atoms with van der Waals surface area (Å²) < 4.78 is 5.40. The Labute approximate surface area is 113 Å². The number of nitrogens with zero attached hydrogens (tertiary/aromatic N) is 1. The Morgan fingerprint density at radius 2 is 2.26 bits per heavy atom. The van der Waals surface area contributed by atoms with Crippen LogP contribution in [0.2, 0.25) is 0 Å². The van der Waals surface area contributed by atoms with E-state index in [2.05, 4.69) is 11.2 Å². The molecular weight excluding hydrogens is 244 g/mol. The zero-order valence-electron chi connectivity index (χ0n) is 11.2. The van der Waals surface area contributed by atoms with Crippen molar-refractivity contribution in [2.75, 3.05) is 11.9 Å². The Balaban J connectivity index is 2.97. The fourth-order valence-corrected chi connectivity index (χ4v) is 1.55. The predicted octanol–water partition coefficient (Wildman–Crippen LogP) is 3.21. The molecule has 102 valence electrons. The van der Waals surface area contributed by atoms with Gasteiger partial charge >= 0.3 is 5.69 Å². The van der Waals surface area contributed by atoms with Gasteiger partial charge in [-0.3, -0.25) is 10.1 Å². The minimum Gasteiger partial charge on any atom is -0.487 e. The van der Waals surface area contributed by atoms with Gasteiger partial charge in [-0.1, -0.05) is 19.8 Å². The maximum absolute atomic E-state index is 10.9. The van der Waals surface area contributed by atoms with Crippen LogP contribution in [0, 0.1) is 22.5 Å². The van der Waals surface area contributed by atoms with Gasteiger partial charge in [0.25, 0.3) is 0 Å². The number of nitrogens with one attached hydrogen (secondary N) is 1. The number of nitro groups is 1. The lowest BCUT2D eigenvalue weighted by Crippen LogP contribution is -2.15. The van der Waals surface area contributed by atoms with Crippen LogP contribution in [-0.2, 0) is 0 Å². The summed E-state index contributed by atoms with van der Waals surface area (Å²) in [5.74, 6) is 2.88. The standard InChI is InChI=1S/C14H18N2O3/c1-4-9-19-14-10-12(15-11(5-2)6-3)7-8-13(14)16(17)18/h2,7-8,10-11,15H,4,6,9H2,1,3H3. The van der Waals surface area contributed by atoms with Gasteiger partial charge in [-0.15, -0.1) is 6.42 Å². The molecule has 0 saturated carbocycles. The Morgan fingerprint density at radius 1 is 1.53 bits per heavy atom. The second-order valence-corrected chi connectivity index (χ2v) is 4.06. The minimum atomic E-state index is -0.451. The smallest absolute Gasteiger partial charge is 0.311 e. The normalized spacial score (nSPS) is 11.4. The maximum Gasteiger partial charge on any atom is 0.311 e. The molecule has 1 atom stereocenters. The zero-order chi connectivity index (χ0) is 14.3. The van der Waals surface area contributed by atoms with Gasteiger partial charge in [0.05, 0.1) is 17.6 Å². The fourth-order valence-electron chi connectivity index (χ4n) is 1.55. The summed E-state index contributed by atoms with van der Waals surface area (Å²) in [6, 6.07) is 4.59.